The van der Waals surface area contributed by atoms with Crippen LogP contribution in [0.4, 0.5) is 14.9 Å². The molecule has 7 nitrogen and oxygen atoms in total. The van der Waals surface area contributed by atoms with Gasteiger partial charge < -0.3 is 4.74 Å². The van der Waals surface area contributed by atoms with Crippen molar-refractivity contribution in [3.05, 3.63) is 109 Å². The molecule has 0 spiro atoms. The van der Waals surface area contributed by atoms with Gasteiger partial charge in [-0.25, -0.2) is 4.39 Å². The van der Waals surface area contributed by atoms with Crippen LogP contribution in [0.2, 0.25) is 0 Å². The highest BCUT2D eigenvalue weighted by atomic mass is 79.9. The number of halogens is 2. The number of ether oxygens (including phenoxy) is 1. The van der Waals surface area contributed by atoms with Crippen molar-refractivity contribution < 1.29 is 23.6 Å². The summed E-state index contributed by atoms with van der Waals surface area (Å²) in [6.45, 7) is -0.00804. The fraction of sp³-hybridized carbons (Fsp3) is 0.0833. The molecule has 1 fully saturated rings. The molecule has 1 aliphatic heterocycles. The lowest BCUT2D eigenvalue weighted by Crippen LogP contribution is -2.27. The predicted molar refractivity (Wildman–Crippen MR) is 129 cm³/mol. The normalized spacial score (nSPS) is 14.6. The number of hydrogen-bond acceptors (Lipinski definition) is 6. The number of nitrogens with zero attached hydrogens (tertiary/aromatic N) is 2. The number of amides is 2. The van der Waals surface area contributed by atoms with Crippen molar-refractivity contribution in [3.63, 3.8) is 0 Å². The summed E-state index contributed by atoms with van der Waals surface area (Å²) in [5, 5.41) is 10.4. The number of benzene rings is 3. The third kappa shape index (κ3) is 5.35. The van der Waals surface area contributed by atoms with Gasteiger partial charge in [0.15, 0.2) is 0 Å². The maximum absolute atomic E-state index is 13.9. The van der Waals surface area contributed by atoms with Gasteiger partial charge in [0, 0.05) is 27.7 Å². The molecule has 10 heteroatoms. The summed E-state index contributed by atoms with van der Waals surface area (Å²) in [5.74, 6) is -0.435. The molecule has 0 N–H and O–H groups in total. The van der Waals surface area contributed by atoms with E-state index in [-0.39, 0.29) is 29.6 Å². The fourth-order valence-corrected chi connectivity index (χ4v) is 4.43. The minimum Gasteiger partial charge on any atom is -0.488 e. The largest absolute Gasteiger partial charge is 0.488 e. The van der Waals surface area contributed by atoms with Gasteiger partial charge >= 0.3 is 0 Å². The minimum absolute atomic E-state index is 0.00321. The number of carbonyl (C=O) groups is 2. The lowest BCUT2D eigenvalue weighted by Gasteiger charge is -2.12. The zero-order valence-electron chi connectivity index (χ0n) is 17.4. The van der Waals surface area contributed by atoms with E-state index in [1.807, 2.05) is 0 Å². The smallest absolute Gasteiger partial charge is 0.293 e. The standard InChI is InChI=1S/C24H16BrFN2O5S/c25-18-7-10-21(33-14-16-3-1-2-4-20(16)26)17(11-18)12-22-23(29)27(24(30)34-22)13-15-5-8-19(9-6-15)28(31)32/h1-12H,13-14H2. The van der Waals surface area contributed by atoms with Crippen LogP contribution >= 0.6 is 27.7 Å². The molecular weight excluding hydrogens is 527 g/mol. The molecule has 172 valence electrons. The van der Waals surface area contributed by atoms with E-state index in [0.717, 1.165) is 21.1 Å². The highest BCUT2D eigenvalue weighted by Gasteiger charge is 2.35. The van der Waals surface area contributed by atoms with E-state index in [0.29, 0.717) is 22.4 Å². The molecule has 4 rings (SSSR count). The Kier molecular flexibility index (Phi) is 7.09. The van der Waals surface area contributed by atoms with Gasteiger partial charge in [-0.1, -0.05) is 46.3 Å². The van der Waals surface area contributed by atoms with E-state index in [1.54, 1.807) is 42.5 Å². The number of carbonyl (C=O) groups excluding carboxylic acids is 2. The van der Waals surface area contributed by atoms with E-state index in [1.165, 1.54) is 30.3 Å². The number of nitro groups is 1. The molecule has 0 aliphatic carbocycles. The second-order valence-corrected chi connectivity index (χ2v) is 9.16. The van der Waals surface area contributed by atoms with Crippen LogP contribution in [0, 0.1) is 15.9 Å². The van der Waals surface area contributed by atoms with E-state index in [9.17, 15) is 24.1 Å². The molecule has 0 saturated carbocycles. The van der Waals surface area contributed by atoms with Crippen LogP contribution in [0.15, 0.2) is 76.1 Å². The highest BCUT2D eigenvalue weighted by Crippen LogP contribution is 2.36. The Morgan fingerprint density at radius 3 is 2.53 bits per heavy atom. The number of imide groups is 1. The van der Waals surface area contributed by atoms with E-state index >= 15 is 0 Å². The monoisotopic (exact) mass is 542 g/mol. The molecule has 0 unspecified atom stereocenters. The molecule has 1 saturated heterocycles. The third-order valence-electron chi connectivity index (χ3n) is 4.96. The van der Waals surface area contributed by atoms with Crippen molar-refractivity contribution in [2.45, 2.75) is 13.2 Å². The topological polar surface area (TPSA) is 89.8 Å². The Morgan fingerprint density at radius 2 is 1.82 bits per heavy atom. The lowest BCUT2D eigenvalue weighted by molar-refractivity contribution is -0.384. The first-order valence-electron chi connectivity index (χ1n) is 9.96. The van der Waals surface area contributed by atoms with Gasteiger partial charge in [-0.15, -0.1) is 0 Å². The Hall–Kier alpha value is -3.50. The molecule has 1 heterocycles. The molecule has 2 amide bonds. The van der Waals surface area contributed by atoms with Gasteiger partial charge in [0.05, 0.1) is 16.4 Å². The first kappa shape index (κ1) is 23.7. The van der Waals surface area contributed by atoms with Crippen molar-refractivity contribution in [1.82, 2.24) is 4.90 Å². The second kappa shape index (κ2) is 10.2. The molecule has 3 aromatic carbocycles. The van der Waals surface area contributed by atoms with Gasteiger partial charge in [-0.2, -0.15) is 0 Å². The number of thioether (sulfide) groups is 1. The van der Waals surface area contributed by atoms with Gasteiger partial charge in [0.1, 0.15) is 18.2 Å². The van der Waals surface area contributed by atoms with E-state index in [2.05, 4.69) is 15.9 Å². The molecule has 34 heavy (non-hydrogen) atoms. The molecule has 0 atom stereocenters. The van der Waals surface area contributed by atoms with Crippen molar-refractivity contribution >= 4 is 50.6 Å². The van der Waals surface area contributed by atoms with Gasteiger partial charge in [-0.05, 0) is 47.7 Å². The molecule has 0 bridgehead atoms. The highest BCUT2D eigenvalue weighted by molar-refractivity contribution is 9.10. The SMILES string of the molecule is O=C1SC(=Cc2cc(Br)ccc2OCc2ccccc2F)C(=O)N1Cc1ccc([N+](=O)[O-])cc1. The number of non-ortho nitro benzene ring substituents is 1. The Bertz CT molecular complexity index is 1310. The molecule has 0 radical (unpaired) electrons. The Balaban J connectivity index is 1.54. The second-order valence-electron chi connectivity index (χ2n) is 7.25. The van der Waals surface area contributed by atoms with Crippen LogP contribution in [0.25, 0.3) is 6.08 Å². The van der Waals surface area contributed by atoms with Crippen molar-refractivity contribution in [1.29, 1.82) is 0 Å². The molecule has 0 aromatic heterocycles. The van der Waals surface area contributed by atoms with Crippen LogP contribution in [-0.2, 0) is 17.9 Å². The Labute approximate surface area is 206 Å². The number of nitro benzene ring substituents is 1. The average Bonchev–Trinajstić information content (AvgIpc) is 3.07. The maximum Gasteiger partial charge on any atom is 0.293 e. The summed E-state index contributed by atoms with van der Waals surface area (Å²) in [6, 6.07) is 17.1. The van der Waals surface area contributed by atoms with Crippen LogP contribution in [0.5, 0.6) is 5.75 Å². The molecule has 3 aromatic rings. The number of rotatable bonds is 7. The predicted octanol–water partition coefficient (Wildman–Crippen LogP) is 6.31. The van der Waals surface area contributed by atoms with Gasteiger partial charge in [0.2, 0.25) is 0 Å². The maximum atomic E-state index is 13.9. The van der Waals surface area contributed by atoms with Gasteiger partial charge in [-0.3, -0.25) is 24.6 Å². The first-order chi connectivity index (χ1) is 16.3. The molecule has 1 aliphatic rings. The van der Waals surface area contributed by atoms with Crippen molar-refractivity contribution in [3.8, 4) is 5.75 Å². The van der Waals surface area contributed by atoms with Crippen LogP contribution in [-0.4, -0.2) is 21.0 Å². The summed E-state index contributed by atoms with van der Waals surface area (Å²) < 4.78 is 20.5. The number of hydrogen-bond donors (Lipinski definition) is 0. The lowest BCUT2D eigenvalue weighted by atomic mass is 10.1. The third-order valence-corrected chi connectivity index (χ3v) is 6.36. The summed E-state index contributed by atoms with van der Waals surface area (Å²) in [7, 11) is 0. The van der Waals surface area contributed by atoms with Crippen LogP contribution in [0.3, 0.4) is 0 Å². The average molecular weight is 543 g/mol. The van der Waals surface area contributed by atoms with E-state index in [4.69, 9.17) is 4.74 Å². The first-order valence-corrected chi connectivity index (χ1v) is 11.6. The summed E-state index contributed by atoms with van der Waals surface area (Å²) >= 11 is 4.19. The van der Waals surface area contributed by atoms with Crippen molar-refractivity contribution in [2.75, 3.05) is 0 Å². The van der Waals surface area contributed by atoms with E-state index < -0.39 is 16.1 Å². The quantitative estimate of drug-likeness (QED) is 0.197. The summed E-state index contributed by atoms with van der Waals surface area (Å²) in [6.07, 6.45) is 1.56. The minimum atomic E-state index is -0.517. The zero-order chi connectivity index (χ0) is 24.2. The Morgan fingerprint density at radius 1 is 1.09 bits per heavy atom. The van der Waals surface area contributed by atoms with Gasteiger partial charge in [0.25, 0.3) is 16.8 Å². The summed E-state index contributed by atoms with van der Waals surface area (Å²) in [5.41, 5.74) is 1.45. The fourth-order valence-electron chi connectivity index (χ4n) is 3.22. The molecular formula is C24H16BrFN2O5S. The zero-order valence-corrected chi connectivity index (χ0v) is 19.8. The van der Waals surface area contributed by atoms with Crippen LogP contribution in [0.1, 0.15) is 16.7 Å². The van der Waals surface area contributed by atoms with Crippen LogP contribution < -0.4 is 4.74 Å². The summed E-state index contributed by atoms with van der Waals surface area (Å²) in [4.78, 5) is 37.0. The van der Waals surface area contributed by atoms with Crippen molar-refractivity contribution in [2.24, 2.45) is 0 Å².